The molecule has 1 saturated heterocycles. The zero-order valence-electron chi connectivity index (χ0n) is 8.71. The summed E-state index contributed by atoms with van der Waals surface area (Å²) in [5.74, 6) is -4.98. The molecule has 6 nitrogen and oxygen atoms in total. The number of esters is 1. The predicted molar refractivity (Wildman–Crippen MR) is 46.0 cm³/mol. The smallest absolute Gasteiger partial charge is 0.469 e. The Morgan fingerprint density at radius 3 is 2.53 bits per heavy atom. The Kier molecular flexibility index (Phi) is 3.59. The summed E-state index contributed by atoms with van der Waals surface area (Å²) in [6.07, 6.45) is -5.42. The van der Waals surface area contributed by atoms with Crippen molar-refractivity contribution in [3.05, 3.63) is 0 Å². The fourth-order valence-electron chi connectivity index (χ4n) is 1.36. The van der Waals surface area contributed by atoms with Crippen molar-refractivity contribution in [2.45, 2.75) is 12.6 Å². The first kappa shape index (κ1) is 13.3. The first-order valence-electron chi connectivity index (χ1n) is 4.51. The Bertz CT molecular complexity index is 355. The molecule has 1 rings (SSSR count). The number of amides is 2. The lowest BCUT2D eigenvalue weighted by atomic mass is 10.0. The number of carbonyl (C=O) groups is 3. The molecule has 9 heteroatoms. The Morgan fingerprint density at radius 1 is 1.47 bits per heavy atom. The molecule has 96 valence electrons. The fraction of sp³-hybridized carbons (Fsp3) is 0.625. The minimum atomic E-state index is -5.11. The molecule has 0 radical (unpaired) electrons. The van der Waals surface area contributed by atoms with Gasteiger partial charge in [-0.05, 0) is 0 Å². The van der Waals surface area contributed by atoms with Crippen molar-refractivity contribution in [1.82, 2.24) is 10.4 Å². The van der Waals surface area contributed by atoms with Crippen LogP contribution >= 0.6 is 0 Å². The molecule has 1 aliphatic rings. The summed E-state index contributed by atoms with van der Waals surface area (Å²) < 4.78 is 40.6. The molecule has 0 spiro atoms. The topological polar surface area (TPSA) is 75.7 Å². The number of halogens is 3. The average molecular weight is 254 g/mol. The third-order valence-electron chi connectivity index (χ3n) is 2.12. The van der Waals surface area contributed by atoms with Crippen LogP contribution in [0.15, 0.2) is 0 Å². The molecule has 1 unspecified atom stereocenters. The van der Waals surface area contributed by atoms with Gasteiger partial charge in [0.2, 0.25) is 5.91 Å². The van der Waals surface area contributed by atoms with E-state index in [-0.39, 0.29) is 11.4 Å². The van der Waals surface area contributed by atoms with E-state index in [9.17, 15) is 27.6 Å². The highest BCUT2D eigenvalue weighted by Crippen LogP contribution is 2.21. The molecule has 1 aliphatic heterocycles. The van der Waals surface area contributed by atoms with Crippen LogP contribution in [-0.4, -0.2) is 42.6 Å². The minimum absolute atomic E-state index is 0.0768. The highest BCUT2D eigenvalue weighted by molar-refractivity contribution is 5.89. The normalized spacial score (nSPS) is 20.8. The largest absolute Gasteiger partial charge is 0.473 e. The zero-order chi connectivity index (χ0) is 13.2. The number of nitrogens with zero attached hydrogens (tertiary/aromatic N) is 1. The van der Waals surface area contributed by atoms with Crippen molar-refractivity contribution < 1.29 is 32.3 Å². The summed E-state index contributed by atoms with van der Waals surface area (Å²) in [4.78, 5) is 33.0. The second-order valence-corrected chi connectivity index (χ2v) is 3.37. The van der Waals surface area contributed by atoms with Crippen LogP contribution in [0.2, 0.25) is 0 Å². The molecule has 1 fully saturated rings. The summed E-state index contributed by atoms with van der Waals surface area (Å²) in [7, 11) is 1.05. The maximum atomic E-state index is 12.1. The molecule has 0 aromatic heterocycles. The van der Waals surface area contributed by atoms with Gasteiger partial charge in [0.25, 0.3) is 0 Å². The lowest BCUT2D eigenvalue weighted by molar-refractivity contribution is -0.192. The summed E-state index contributed by atoms with van der Waals surface area (Å²) in [5, 5.41) is 0.0768. The number of carbonyl (C=O) groups excluding carboxylic acids is 3. The van der Waals surface area contributed by atoms with E-state index < -0.39 is 36.4 Å². The maximum Gasteiger partial charge on any atom is 0.473 e. The number of methoxy groups -OCH3 is 1. The number of rotatable bonds is 1. The Hall–Kier alpha value is -1.80. The van der Waals surface area contributed by atoms with Crippen molar-refractivity contribution in [2.24, 2.45) is 5.92 Å². The number of hydrazine groups is 1. The molecular weight excluding hydrogens is 245 g/mol. The number of nitrogens with one attached hydrogen (secondary N) is 1. The maximum absolute atomic E-state index is 12.1. The van der Waals surface area contributed by atoms with Crippen LogP contribution in [0.3, 0.4) is 0 Å². The molecule has 0 saturated carbocycles. The third kappa shape index (κ3) is 3.08. The monoisotopic (exact) mass is 254 g/mol. The van der Waals surface area contributed by atoms with Gasteiger partial charge in [-0.1, -0.05) is 0 Å². The first-order chi connectivity index (χ1) is 7.75. The number of alkyl halides is 3. The minimum Gasteiger partial charge on any atom is -0.469 e. The van der Waals surface area contributed by atoms with E-state index in [2.05, 4.69) is 4.74 Å². The summed E-state index contributed by atoms with van der Waals surface area (Å²) >= 11 is 0. The van der Waals surface area contributed by atoms with E-state index in [0.717, 1.165) is 7.11 Å². The van der Waals surface area contributed by atoms with Crippen LogP contribution in [0.1, 0.15) is 6.42 Å². The fourth-order valence-corrected chi connectivity index (χ4v) is 1.36. The second-order valence-electron chi connectivity index (χ2n) is 3.37. The molecule has 0 aliphatic carbocycles. The van der Waals surface area contributed by atoms with Gasteiger partial charge in [0.05, 0.1) is 19.6 Å². The molecule has 0 aromatic rings. The highest BCUT2D eigenvalue weighted by Gasteiger charge is 2.46. The Labute approximate surface area is 93.7 Å². The number of ether oxygens (including phenoxy) is 1. The molecule has 2 amide bonds. The van der Waals surface area contributed by atoms with Crippen molar-refractivity contribution in [3.63, 3.8) is 0 Å². The van der Waals surface area contributed by atoms with Crippen LogP contribution in [0, 0.1) is 5.92 Å². The van der Waals surface area contributed by atoms with Crippen LogP contribution in [0.4, 0.5) is 13.2 Å². The number of hydrogen-bond acceptors (Lipinski definition) is 4. The molecular formula is C8H9F3N2O4. The molecule has 1 N–H and O–H groups in total. The highest BCUT2D eigenvalue weighted by atomic mass is 19.4. The number of hydrogen-bond donors (Lipinski definition) is 1. The van der Waals surface area contributed by atoms with E-state index >= 15 is 0 Å². The lowest BCUT2D eigenvalue weighted by Crippen LogP contribution is -2.58. The van der Waals surface area contributed by atoms with E-state index in [1.54, 1.807) is 5.43 Å². The van der Waals surface area contributed by atoms with Gasteiger partial charge in [0.1, 0.15) is 0 Å². The summed E-state index contributed by atoms with van der Waals surface area (Å²) in [6.45, 7) is -0.559. The standard InChI is InChI=1S/C8H9F3N2O4/c1-17-6(15)4-2-5(14)12-13(3-4)7(16)8(9,10)11/h4H,2-3H2,1H3,(H,12,14). The predicted octanol–water partition coefficient (Wildman–Crippen LogP) is -0.399. The average Bonchev–Trinajstić information content (AvgIpc) is 2.24. The van der Waals surface area contributed by atoms with Gasteiger partial charge >= 0.3 is 18.1 Å². The Morgan fingerprint density at radius 2 is 2.06 bits per heavy atom. The van der Waals surface area contributed by atoms with Crippen molar-refractivity contribution in [2.75, 3.05) is 13.7 Å². The molecule has 0 aromatic carbocycles. The van der Waals surface area contributed by atoms with Crippen molar-refractivity contribution >= 4 is 17.8 Å². The molecule has 1 atom stereocenters. The first-order valence-corrected chi connectivity index (χ1v) is 4.51. The van der Waals surface area contributed by atoms with Crippen LogP contribution in [0.5, 0.6) is 0 Å². The van der Waals surface area contributed by atoms with Gasteiger partial charge in [-0.3, -0.25) is 19.8 Å². The van der Waals surface area contributed by atoms with Gasteiger partial charge in [-0.2, -0.15) is 13.2 Å². The quantitative estimate of drug-likeness (QED) is 0.646. The summed E-state index contributed by atoms with van der Waals surface area (Å²) in [5.41, 5.74) is 1.75. The van der Waals surface area contributed by atoms with Gasteiger partial charge in [-0.25, -0.2) is 5.01 Å². The third-order valence-corrected chi connectivity index (χ3v) is 2.12. The van der Waals surface area contributed by atoms with Crippen LogP contribution in [0.25, 0.3) is 0 Å². The van der Waals surface area contributed by atoms with Gasteiger partial charge in [0, 0.05) is 6.42 Å². The Balaban J connectivity index is 2.79. The van der Waals surface area contributed by atoms with Gasteiger partial charge < -0.3 is 4.74 Å². The molecule has 0 bridgehead atoms. The van der Waals surface area contributed by atoms with Crippen molar-refractivity contribution in [1.29, 1.82) is 0 Å². The van der Waals surface area contributed by atoms with E-state index in [1.165, 1.54) is 0 Å². The van der Waals surface area contributed by atoms with E-state index in [4.69, 9.17) is 0 Å². The van der Waals surface area contributed by atoms with Crippen LogP contribution in [-0.2, 0) is 19.1 Å². The van der Waals surface area contributed by atoms with E-state index in [0.29, 0.717) is 0 Å². The zero-order valence-corrected chi connectivity index (χ0v) is 8.71. The summed E-state index contributed by atoms with van der Waals surface area (Å²) in [6, 6.07) is 0. The molecule has 17 heavy (non-hydrogen) atoms. The van der Waals surface area contributed by atoms with E-state index in [1.807, 2.05) is 0 Å². The van der Waals surface area contributed by atoms with Crippen molar-refractivity contribution in [3.8, 4) is 0 Å². The van der Waals surface area contributed by atoms with Gasteiger partial charge in [-0.15, -0.1) is 0 Å². The lowest BCUT2D eigenvalue weighted by Gasteiger charge is -2.31. The van der Waals surface area contributed by atoms with Crippen LogP contribution < -0.4 is 5.43 Å². The SMILES string of the molecule is COC(=O)C1CC(=O)NN(C(=O)C(F)(F)F)C1. The van der Waals surface area contributed by atoms with Gasteiger partial charge in [0.15, 0.2) is 0 Å². The molecule has 1 heterocycles. The second kappa shape index (κ2) is 4.60.